The van der Waals surface area contributed by atoms with Gasteiger partial charge in [0, 0.05) is 0 Å². The van der Waals surface area contributed by atoms with Crippen LogP contribution in [0.4, 0.5) is 0 Å². The summed E-state index contributed by atoms with van der Waals surface area (Å²) >= 11 is -2.27. The molecule has 0 aliphatic heterocycles. The molecule has 4 saturated carbocycles. The molecule has 3 heteroatoms. The van der Waals surface area contributed by atoms with Crippen molar-refractivity contribution >= 4 is 28.0 Å². The number of benzene rings is 4. The molecule has 0 atom stereocenters. The first-order chi connectivity index (χ1) is 18.3. The normalized spacial score (nSPS) is 25.1. The van der Waals surface area contributed by atoms with Crippen LogP contribution in [-0.2, 0) is 27.7 Å². The number of hydrogen-bond donors (Lipinski definition) is 0. The summed E-state index contributed by atoms with van der Waals surface area (Å²) in [5.41, 5.74) is 6.14. The van der Waals surface area contributed by atoms with Gasteiger partial charge in [-0.25, -0.2) is 0 Å². The Balaban J connectivity index is 0.00000127. The van der Waals surface area contributed by atoms with Gasteiger partial charge in [0.2, 0.25) is 0 Å². The van der Waals surface area contributed by atoms with E-state index in [0.29, 0.717) is 0 Å². The molecule has 194 valence electrons. The number of halogens is 2. The van der Waals surface area contributed by atoms with Gasteiger partial charge in [-0.15, -0.1) is 0 Å². The summed E-state index contributed by atoms with van der Waals surface area (Å²) in [5, 5.41) is 6.05. The minimum Gasteiger partial charge on any atom is -1.00 e. The maximum atomic E-state index is 2.60. The standard InChI is InChI=1S/C21H13.C10H14.C5H5.2ClH.Zr/c1-2-8-15-14(7-1)13-20-18-11-4-3-9-16(18)17-10-5-6-12-19(17)21(15)20;1-7-2-9-4-8(1)5-10(3-7)6-9;1-2-4-5-3-1;;;/h1-10,12H,13H2;7-10H,1-5H2;1-3H,4H2;2*1H;/q;;;;;+2/p-2. The molecule has 39 heavy (non-hydrogen) atoms. The number of rotatable bonds is 2. The first-order valence-corrected chi connectivity index (χ1v) is 18.2. The summed E-state index contributed by atoms with van der Waals surface area (Å²) in [6, 6.07) is 25.9. The minimum absolute atomic E-state index is 0. The molecule has 0 N–H and O–H groups in total. The van der Waals surface area contributed by atoms with Crippen molar-refractivity contribution in [1.82, 2.24) is 0 Å². The second-order valence-electron chi connectivity index (χ2n) is 12.4. The smallest absolute Gasteiger partial charge is 1.00 e. The Morgan fingerprint density at radius 3 is 2.10 bits per heavy atom. The third-order valence-electron chi connectivity index (χ3n) is 10.5. The third-order valence-corrected chi connectivity index (χ3v) is 18.7. The van der Waals surface area contributed by atoms with Crippen LogP contribution in [0.5, 0.6) is 0 Å². The van der Waals surface area contributed by atoms with Crippen LogP contribution in [0, 0.1) is 23.7 Å². The van der Waals surface area contributed by atoms with Crippen LogP contribution in [0.15, 0.2) is 88.2 Å². The van der Waals surface area contributed by atoms with E-state index < -0.39 is 21.3 Å². The van der Waals surface area contributed by atoms with E-state index in [-0.39, 0.29) is 24.8 Å². The summed E-state index contributed by atoms with van der Waals surface area (Å²) in [6.45, 7) is 0. The van der Waals surface area contributed by atoms with Crippen molar-refractivity contribution in [2.45, 2.75) is 44.9 Å². The van der Waals surface area contributed by atoms with Crippen molar-refractivity contribution in [1.29, 1.82) is 0 Å². The predicted molar refractivity (Wildman–Crippen MR) is 153 cm³/mol. The Labute approximate surface area is 251 Å². The van der Waals surface area contributed by atoms with Crippen molar-refractivity contribution in [2.75, 3.05) is 0 Å². The van der Waals surface area contributed by atoms with Gasteiger partial charge < -0.3 is 24.8 Å². The molecule has 0 nitrogen and oxygen atoms in total. The average Bonchev–Trinajstić information content (AvgIpc) is 3.59. The first-order valence-electron chi connectivity index (χ1n) is 14.5. The second kappa shape index (κ2) is 9.94. The topological polar surface area (TPSA) is 0 Å². The van der Waals surface area contributed by atoms with Crippen LogP contribution in [0.2, 0.25) is 0 Å². The Hall–Kier alpha value is -1.79. The van der Waals surface area contributed by atoms with Crippen molar-refractivity contribution in [3.8, 4) is 11.1 Å². The number of fused-ring (bicyclic) bond motifs is 8. The molecule has 6 aliphatic carbocycles. The second-order valence-corrected chi connectivity index (χ2v) is 18.6. The van der Waals surface area contributed by atoms with Crippen LogP contribution < -0.4 is 28.1 Å². The van der Waals surface area contributed by atoms with Crippen LogP contribution in [0.25, 0.3) is 32.7 Å². The van der Waals surface area contributed by atoms with Crippen molar-refractivity contribution < 1.29 is 46.1 Å². The van der Waals surface area contributed by atoms with Crippen LogP contribution in [0.1, 0.15) is 49.7 Å². The predicted octanol–water partition coefficient (Wildman–Crippen LogP) is 2.29. The molecule has 0 unspecified atom stereocenters. The fraction of sp³-hybridized carbons (Fsp3) is 0.306. The molecule has 4 fully saturated rings. The zero-order chi connectivity index (χ0) is 24.1. The molecule has 4 bridgehead atoms. The minimum atomic E-state index is -2.27. The quantitative estimate of drug-likeness (QED) is 0.264. The third kappa shape index (κ3) is 3.83. The van der Waals surface area contributed by atoms with Gasteiger partial charge in [-0.2, -0.15) is 0 Å². The molecule has 0 heterocycles. The molecule has 4 aromatic carbocycles. The van der Waals surface area contributed by atoms with E-state index >= 15 is 0 Å². The number of allylic oxidation sites excluding steroid dienone is 4. The first kappa shape index (κ1) is 26.1. The SMILES string of the molecule is C1=CC[C]([Zr+2](=[C]2C3CC4CC(C3)CC2C4)[c]2cccc3c2c2c(c4ccccc43)-c3ccccc3C2)=C1.[Cl-].[Cl-]. The summed E-state index contributed by atoms with van der Waals surface area (Å²) in [6.07, 6.45) is 17.2. The molecule has 0 aromatic heterocycles. The van der Waals surface area contributed by atoms with Gasteiger partial charge in [-0.3, -0.25) is 0 Å². The number of hydrogen-bond acceptors (Lipinski definition) is 0. The summed E-state index contributed by atoms with van der Waals surface area (Å²) in [4.78, 5) is 0. The van der Waals surface area contributed by atoms with Crippen LogP contribution in [-0.4, -0.2) is 3.21 Å². The van der Waals surface area contributed by atoms with E-state index in [4.69, 9.17) is 0 Å². The van der Waals surface area contributed by atoms with Gasteiger partial charge in [-0.05, 0) is 0 Å². The van der Waals surface area contributed by atoms with Crippen molar-refractivity contribution in [3.05, 3.63) is 99.4 Å². The van der Waals surface area contributed by atoms with Crippen molar-refractivity contribution in [3.63, 3.8) is 0 Å². The Bertz CT molecular complexity index is 1710. The fourth-order valence-corrected chi connectivity index (χ4v) is 18.5. The maximum absolute atomic E-state index is 2.60. The van der Waals surface area contributed by atoms with Crippen LogP contribution >= 0.6 is 0 Å². The van der Waals surface area contributed by atoms with E-state index in [1.54, 1.807) is 14.2 Å². The molecule has 0 spiro atoms. The van der Waals surface area contributed by atoms with E-state index in [1.165, 1.54) is 71.4 Å². The van der Waals surface area contributed by atoms with E-state index in [1.807, 2.05) is 3.28 Å². The Morgan fingerprint density at radius 1 is 0.667 bits per heavy atom. The molecule has 0 amide bonds. The van der Waals surface area contributed by atoms with E-state index in [0.717, 1.165) is 30.1 Å². The zero-order valence-electron chi connectivity index (χ0n) is 22.1. The van der Waals surface area contributed by atoms with Gasteiger partial charge in [0.1, 0.15) is 0 Å². The van der Waals surface area contributed by atoms with E-state index in [9.17, 15) is 0 Å². The van der Waals surface area contributed by atoms with Gasteiger partial charge in [0.05, 0.1) is 0 Å². The zero-order valence-corrected chi connectivity index (χ0v) is 26.1. The van der Waals surface area contributed by atoms with Crippen LogP contribution in [0.3, 0.4) is 0 Å². The van der Waals surface area contributed by atoms with E-state index in [2.05, 4.69) is 88.2 Å². The largest absolute Gasteiger partial charge is 1.00 e. The molecule has 6 aliphatic rings. The summed E-state index contributed by atoms with van der Waals surface area (Å²) in [7, 11) is 0. The molecule has 0 saturated heterocycles. The molecular weight excluding hydrogens is 595 g/mol. The molecular formula is C36H32Cl2Zr. The van der Waals surface area contributed by atoms with Crippen molar-refractivity contribution in [2.24, 2.45) is 23.7 Å². The molecule has 10 rings (SSSR count). The van der Waals surface area contributed by atoms with Gasteiger partial charge in [-0.1, -0.05) is 0 Å². The fourth-order valence-electron chi connectivity index (χ4n) is 9.37. The monoisotopic (exact) mass is 624 g/mol. The molecule has 4 aromatic rings. The summed E-state index contributed by atoms with van der Waals surface area (Å²) < 4.78 is 5.76. The van der Waals surface area contributed by atoms with Gasteiger partial charge in [0.25, 0.3) is 0 Å². The van der Waals surface area contributed by atoms with Gasteiger partial charge >= 0.3 is 228 Å². The molecule has 0 radical (unpaired) electrons. The summed E-state index contributed by atoms with van der Waals surface area (Å²) in [5.74, 6) is 3.91. The average molecular weight is 627 g/mol. The van der Waals surface area contributed by atoms with Gasteiger partial charge in [0.15, 0.2) is 0 Å². The Morgan fingerprint density at radius 2 is 1.36 bits per heavy atom. The maximum Gasteiger partial charge on any atom is -1.00 e. The Kier molecular flexibility index (Phi) is 6.66.